The summed E-state index contributed by atoms with van der Waals surface area (Å²) in [5, 5.41) is 6.93. The summed E-state index contributed by atoms with van der Waals surface area (Å²) in [4.78, 5) is 1.32. The van der Waals surface area contributed by atoms with Crippen molar-refractivity contribution in [3.05, 3.63) is 21.3 Å². The Hall–Kier alpha value is -0.0900. The third-order valence-corrected chi connectivity index (χ3v) is 3.99. The molecule has 1 aliphatic heterocycles. The summed E-state index contributed by atoms with van der Waals surface area (Å²) in [5.74, 6) is 0.800. The lowest BCUT2D eigenvalue weighted by molar-refractivity contribution is 0.360. The topological polar surface area (TPSA) is 24.1 Å². The molecule has 1 aliphatic rings. The predicted octanol–water partition coefficient (Wildman–Crippen LogP) is 2.49. The van der Waals surface area contributed by atoms with Crippen LogP contribution < -0.4 is 10.6 Å². The zero-order valence-electron chi connectivity index (χ0n) is 8.76. The molecule has 1 unspecified atom stereocenters. The first kappa shape index (κ1) is 11.4. The van der Waals surface area contributed by atoms with E-state index in [0.29, 0.717) is 0 Å². The quantitative estimate of drug-likeness (QED) is 0.851. The van der Waals surface area contributed by atoms with Crippen molar-refractivity contribution in [1.29, 1.82) is 0 Å². The standard InChI is InChI=1S/C11H17ClN2S/c12-11-4-3-10(15-11)8-14-7-9-2-1-5-13-6-9/h3-4,9,13-14H,1-2,5-8H2. The molecule has 0 aromatic carbocycles. The highest BCUT2D eigenvalue weighted by molar-refractivity contribution is 7.16. The summed E-state index contributed by atoms with van der Waals surface area (Å²) >= 11 is 7.53. The maximum atomic E-state index is 5.87. The Labute approximate surface area is 100 Å². The van der Waals surface area contributed by atoms with E-state index in [4.69, 9.17) is 11.6 Å². The largest absolute Gasteiger partial charge is 0.316 e. The Kier molecular flexibility index (Phi) is 4.44. The lowest BCUT2D eigenvalue weighted by Crippen LogP contribution is -2.35. The highest BCUT2D eigenvalue weighted by Crippen LogP contribution is 2.21. The summed E-state index contributed by atoms with van der Waals surface area (Å²) in [6.45, 7) is 4.42. The minimum absolute atomic E-state index is 0.800. The Morgan fingerprint density at radius 1 is 1.53 bits per heavy atom. The Morgan fingerprint density at radius 3 is 3.13 bits per heavy atom. The van der Waals surface area contributed by atoms with Gasteiger partial charge in [0.1, 0.15) is 0 Å². The van der Waals surface area contributed by atoms with E-state index in [2.05, 4.69) is 16.7 Å². The number of hydrogen-bond donors (Lipinski definition) is 2. The van der Waals surface area contributed by atoms with Gasteiger partial charge in [0.2, 0.25) is 0 Å². The lowest BCUT2D eigenvalue weighted by Gasteiger charge is -2.22. The second-order valence-electron chi connectivity index (χ2n) is 4.05. The molecule has 1 atom stereocenters. The molecule has 2 rings (SSSR count). The predicted molar refractivity (Wildman–Crippen MR) is 66.6 cm³/mol. The van der Waals surface area contributed by atoms with Crippen molar-refractivity contribution >= 4 is 22.9 Å². The molecule has 2 heterocycles. The number of nitrogens with one attached hydrogen (secondary N) is 2. The van der Waals surface area contributed by atoms with E-state index >= 15 is 0 Å². The number of halogens is 1. The average Bonchev–Trinajstić information content (AvgIpc) is 2.66. The number of hydrogen-bond acceptors (Lipinski definition) is 3. The molecule has 84 valence electrons. The molecule has 1 saturated heterocycles. The Bertz CT molecular complexity index is 295. The maximum Gasteiger partial charge on any atom is 0.0931 e. The van der Waals surface area contributed by atoms with E-state index in [0.717, 1.165) is 29.9 Å². The first-order chi connectivity index (χ1) is 7.34. The molecule has 1 aromatic rings. The SMILES string of the molecule is Clc1ccc(CNCC2CCCNC2)s1. The fourth-order valence-corrected chi connectivity index (χ4v) is 3.00. The van der Waals surface area contributed by atoms with Crippen LogP contribution in [0.25, 0.3) is 0 Å². The molecule has 2 nitrogen and oxygen atoms in total. The van der Waals surface area contributed by atoms with E-state index in [-0.39, 0.29) is 0 Å². The van der Waals surface area contributed by atoms with Gasteiger partial charge in [-0.05, 0) is 50.5 Å². The number of thiophene rings is 1. The summed E-state index contributed by atoms with van der Waals surface area (Å²) < 4.78 is 0.881. The van der Waals surface area contributed by atoms with Crippen molar-refractivity contribution in [2.24, 2.45) is 5.92 Å². The molecule has 15 heavy (non-hydrogen) atoms. The van der Waals surface area contributed by atoms with Crippen LogP contribution in [0.4, 0.5) is 0 Å². The number of piperidine rings is 1. The third-order valence-electron chi connectivity index (χ3n) is 2.76. The maximum absolute atomic E-state index is 5.87. The number of rotatable bonds is 4. The summed E-state index contributed by atoms with van der Waals surface area (Å²) in [5.41, 5.74) is 0. The summed E-state index contributed by atoms with van der Waals surface area (Å²) in [7, 11) is 0. The van der Waals surface area contributed by atoms with Gasteiger partial charge in [-0.1, -0.05) is 11.6 Å². The Balaban J connectivity index is 1.65. The van der Waals surface area contributed by atoms with Gasteiger partial charge in [0.15, 0.2) is 0 Å². The van der Waals surface area contributed by atoms with Gasteiger partial charge in [0, 0.05) is 11.4 Å². The molecule has 0 bridgehead atoms. The van der Waals surface area contributed by atoms with Crippen LogP contribution in [0.1, 0.15) is 17.7 Å². The van der Waals surface area contributed by atoms with Crippen molar-refractivity contribution in [3.8, 4) is 0 Å². The van der Waals surface area contributed by atoms with Gasteiger partial charge in [0.25, 0.3) is 0 Å². The molecule has 1 aromatic heterocycles. The molecule has 4 heteroatoms. The summed E-state index contributed by atoms with van der Waals surface area (Å²) in [6, 6.07) is 4.06. The second kappa shape index (κ2) is 5.85. The third kappa shape index (κ3) is 3.76. The van der Waals surface area contributed by atoms with Crippen LogP contribution in [-0.4, -0.2) is 19.6 Å². The average molecular weight is 245 g/mol. The highest BCUT2D eigenvalue weighted by atomic mass is 35.5. The fourth-order valence-electron chi connectivity index (χ4n) is 1.94. The fraction of sp³-hybridized carbons (Fsp3) is 0.636. The van der Waals surface area contributed by atoms with E-state index in [1.807, 2.05) is 6.07 Å². The Morgan fingerprint density at radius 2 is 2.47 bits per heavy atom. The molecule has 2 N–H and O–H groups in total. The van der Waals surface area contributed by atoms with Gasteiger partial charge in [0.05, 0.1) is 4.34 Å². The van der Waals surface area contributed by atoms with Gasteiger partial charge >= 0.3 is 0 Å². The van der Waals surface area contributed by atoms with Gasteiger partial charge in [-0.2, -0.15) is 0 Å². The molecule has 0 aliphatic carbocycles. The van der Waals surface area contributed by atoms with Crippen molar-refractivity contribution < 1.29 is 0 Å². The molecule has 1 fully saturated rings. The van der Waals surface area contributed by atoms with E-state index in [9.17, 15) is 0 Å². The van der Waals surface area contributed by atoms with Crippen LogP contribution in [0.2, 0.25) is 4.34 Å². The minimum Gasteiger partial charge on any atom is -0.316 e. The monoisotopic (exact) mass is 244 g/mol. The van der Waals surface area contributed by atoms with Gasteiger partial charge < -0.3 is 10.6 Å². The zero-order valence-corrected chi connectivity index (χ0v) is 10.3. The highest BCUT2D eigenvalue weighted by Gasteiger charge is 2.11. The smallest absolute Gasteiger partial charge is 0.0931 e. The molecule has 0 spiro atoms. The van der Waals surface area contributed by atoms with Crippen molar-refractivity contribution in [2.75, 3.05) is 19.6 Å². The second-order valence-corrected chi connectivity index (χ2v) is 5.85. The van der Waals surface area contributed by atoms with Crippen LogP contribution in [0.15, 0.2) is 12.1 Å². The molecule has 0 saturated carbocycles. The van der Waals surface area contributed by atoms with Crippen molar-refractivity contribution in [3.63, 3.8) is 0 Å². The molecular weight excluding hydrogens is 228 g/mol. The molecular formula is C11H17ClN2S. The van der Waals surface area contributed by atoms with Crippen molar-refractivity contribution in [2.45, 2.75) is 19.4 Å². The first-order valence-corrected chi connectivity index (χ1v) is 6.69. The van der Waals surface area contributed by atoms with Crippen LogP contribution in [0.5, 0.6) is 0 Å². The zero-order chi connectivity index (χ0) is 10.5. The van der Waals surface area contributed by atoms with Crippen LogP contribution in [-0.2, 0) is 6.54 Å². The van der Waals surface area contributed by atoms with E-state index < -0.39 is 0 Å². The lowest BCUT2D eigenvalue weighted by atomic mass is 10.00. The van der Waals surface area contributed by atoms with E-state index in [1.54, 1.807) is 11.3 Å². The van der Waals surface area contributed by atoms with Crippen LogP contribution in [0, 0.1) is 5.92 Å². The van der Waals surface area contributed by atoms with Crippen molar-refractivity contribution in [1.82, 2.24) is 10.6 Å². The van der Waals surface area contributed by atoms with Crippen LogP contribution >= 0.6 is 22.9 Å². The van der Waals surface area contributed by atoms with Gasteiger partial charge in [-0.25, -0.2) is 0 Å². The summed E-state index contributed by atoms with van der Waals surface area (Å²) in [6.07, 6.45) is 2.67. The molecule has 0 amide bonds. The van der Waals surface area contributed by atoms with E-state index in [1.165, 1.54) is 24.3 Å². The van der Waals surface area contributed by atoms with Crippen LogP contribution in [0.3, 0.4) is 0 Å². The molecule has 0 radical (unpaired) electrons. The van der Waals surface area contributed by atoms with Gasteiger partial charge in [-0.3, -0.25) is 0 Å². The van der Waals surface area contributed by atoms with Gasteiger partial charge in [-0.15, -0.1) is 11.3 Å². The first-order valence-electron chi connectivity index (χ1n) is 5.50. The minimum atomic E-state index is 0.800. The normalized spacial score (nSPS) is 21.8.